The summed E-state index contributed by atoms with van der Waals surface area (Å²) < 4.78 is 11.4. The fourth-order valence-electron chi connectivity index (χ4n) is 3.08. The summed E-state index contributed by atoms with van der Waals surface area (Å²) in [7, 11) is 5.83. The normalized spacial score (nSPS) is 46.0. The summed E-state index contributed by atoms with van der Waals surface area (Å²) in [5.74, 6) is 0.0525. The second kappa shape index (κ2) is 4.21. The quantitative estimate of drug-likeness (QED) is 0.433. The number of Topliss-reactive ketones (excluding diaryl/α,β-unsaturated/α-hetero) is 1. The summed E-state index contributed by atoms with van der Waals surface area (Å²) in [5.41, 5.74) is 1.17. The number of allylic oxidation sites excluding steroid dienone is 1. The van der Waals surface area contributed by atoms with Crippen molar-refractivity contribution >= 4 is 13.6 Å². The Hall–Kier alpha value is -0.605. The molecule has 1 spiro atoms. The molecule has 0 N–H and O–H groups in total. The summed E-state index contributed by atoms with van der Waals surface area (Å²) in [6.45, 7) is 4.92. The molecule has 2 aliphatic heterocycles. The molecule has 1 aliphatic carbocycles. The predicted molar refractivity (Wildman–Crippen MR) is 68.6 cm³/mol. The molecule has 3 aliphatic rings. The molecule has 4 unspecified atom stereocenters. The van der Waals surface area contributed by atoms with Gasteiger partial charge in [-0.2, -0.15) is 0 Å². The van der Waals surface area contributed by atoms with Gasteiger partial charge in [0.15, 0.2) is 0 Å². The first-order valence-electron chi connectivity index (χ1n) is 6.73. The van der Waals surface area contributed by atoms with Crippen molar-refractivity contribution in [1.82, 2.24) is 0 Å². The zero-order chi connectivity index (χ0) is 12.9. The highest BCUT2D eigenvalue weighted by Gasteiger charge is 2.63. The second-order valence-corrected chi connectivity index (χ2v) is 6.10. The molecule has 0 bridgehead atoms. The molecule has 2 heterocycles. The maximum Gasteiger partial charge on any atom is 0.127 e. The van der Waals surface area contributed by atoms with E-state index in [-0.39, 0.29) is 35.3 Å². The molecule has 96 valence electrons. The molecule has 4 heteroatoms. The van der Waals surface area contributed by atoms with Crippen LogP contribution in [-0.2, 0) is 14.3 Å². The Bertz CT molecular complexity index is 396. The third-order valence-electron chi connectivity index (χ3n) is 4.37. The third kappa shape index (κ3) is 2.16. The van der Waals surface area contributed by atoms with Gasteiger partial charge in [-0.3, -0.25) is 0 Å². The van der Waals surface area contributed by atoms with Gasteiger partial charge in [-0.25, -0.2) is 0 Å². The van der Waals surface area contributed by atoms with Crippen LogP contribution in [0.4, 0.5) is 0 Å². The highest BCUT2D eigenvalue weighted by Crippen LogP contribution is 2.54. The Labute approximate surface area is 109 Å². The summed E-state index contributed by atoms with van der Waals surface area (Å²) in [5, 5.41) is 0. The van der Waals surface area contributed by atoms with Crippen LogP contribution in [0, 0.1) is 5.92 Å². The van der Waals surface area contributed by atoms with Gasteiger partial charge in [0.25, 0.3) is 0 Å². The highest BCUT2D eigenvalue weighted by molar-refractivity contribution is 6.24. The minimum atomic E-state index is -0.335. The fraction of sp³-hybridized carbons (Fsp3) is 0.786. The SMILES string of the molecule is [B]C1CC2(CO2)C(C2O[C@@H]2CC=C(C)C)CC1=O. The third-order valence-corrected chi connectivity index (χ3v) is 4.37. The van der Waals surface area contributed by atoms with E-state index in [9.17, 15) is 4.79 Å². The molecular weight excluding hydrogens is 227 g/mol. The van der Waals surface area contributed by atoms with Gasteiger partial charge in [-0.15, -0.1) is 0 Å². The van der Waals surface area contributed by atoms with Crippen LogP contribution in [0.3, 0.4) is 0 Å². The summed E-state index contributed by atoms with van der Waals surface area (Å²) in [4.78, 5) is 11.8. The van der Waals surface area contributed by atoms with E-state index in [0.29, 0.717) is 12.8 Å². The van der Waals surface area contributed by atoms with E-state index in [1.807, 2.05) is 0 Å². The Morgan fingerprint density at radius 1 is 1.56 bits per heavy atom. The molecule has 2 saturated heterocycles. The van der Waals surface area contributed by atoms with Crippen LogP contribution in [-0.4, -0.2) is 38.0 Å². The van der Waals surface area contributed by atoms with E-state index in [0.717, 1.165) is 13.0 Å². The number of rotatable bonds is 3. The van der Waals surface area contributed by atoms with Gasteiger partial charge < -0.3 is 14.3 Å². The molecule has 1 saturated carbocycles. The summed E-state index contributed by atoms with van der Waals surface area (Å²) >= 11 is 0. The standard InChI is InChI=1S/C14H19BO3/c1-8(2)3-4-12-13(18-12)9-5-11(16)10(15)6-14(9)7-17-14/h3,9-10,12-13H,4-7H2,1-2H3/t9?,10?,12-,13?,14?/m1/s1. The largest absolute Gasteiger partial charge is 0.369 e. The van der Waals surface area contributed by atoms with Crippen molar-refractivity contribution in [2.24, 2.45) is 5.92 Å². The topological polar surface area (TPSA) is 42.1 Å². The zero-order valence-corrected chi connectivity index (χ0v) is 11.0. The number of hydrogen-bond donors (Lipinski definition) is 0. The van der Waals surface area contributed by atoms with Crippen LogP contribution in [0.25, 0.3) is 0 Å². The Morgan fingerprint density at radius 3 is 2.89 bits per heavy atom. The smallest absolute Gasteiger partial charge is 0.127 e. The van der Waals surface area contributed by atoms with Crippen LogP contribution >= 0.6 is 0 Å². The molecule has 18 heavy (non-hydrogen) atoms. The maximum atomic E-state index is 11.8. The van der Waals surface area contributed by atoms with Crippen molar-refractivity contribution in [2.75, 3.05) is 6.61 Å². The minimum Gasteiger partial charge on any atom is -0.369 e. The van der Waals surface area contributed by atoms with Crippen molar-refractivity contribution in [1.29, 1.82) is 0 Å². The van der Waals surface area contributed by atoms with Crippen LogP contribution < -0.4 is 0 Å². The van der Waals surface area contributed by atoms with Crippen LogP contribution in [0.1, 0.15) is 33.1 Å². The average Bonchev–Trinajstić information content (AvgIpc) is 3.18. The molecule has 0 amide bonds. The van der Waals surface area contributed by atoms with Gasteiger partial charge in [0.05, 0.1) is 32.3 Å². The molecule has 5 atom stereocenters. The molecule has 3 fully saturated rings. The summed E-state index contributed by atoms with van der Waals surface area (Å²) in [6, 6.07) is 0. The number of carbonyl (C=O) groups excluding carboxylic acids is 1. The minimum absolute atomic E-state index is 0.141. The highest BCUT2D eigenvalue weighted by atomic mass is 16.6. The molecule has 3 nitrogen and oxygen atoms in total. The van der Waals surface area contributed by atoms with Crippen molar-refractivity contribution in [3.8, 4) is 0 Å². The van der Waals surface area contributed by atoms with E-state index < -0.39 is 0 Å². The van der Waals surface area contributed by atoms with Gasteiger partial charge in [0.2, 0.25) is 0 Å². The number of ether oxygens (including phenoxy) is 2. The summed E-state index contributed by atoms with van der Waals surface area (Å²) in [6.07, 6.45) is 4.80. The number of epoxide rings is 2. The van der Waals surface area contributed by atoms with Crippen molar-refractivity contribution in [2.45, 2.75) is 56.7 Å². The van der Waals surface area contributed by atoms with Gasteiger partial charge in [-0.05, 0) is 32.5 Å². The van der Waals surface area contributed by atoms with E-state index >= 15 is 0 Å². The zero-order valence-electron chi connectivity index (χ0n) is 11.0. The molecule has 0 aromatic heterocycles. The molecule has 0 aromatic rings. The fourth-order valence-corrected chi connectivity index (χ4v) is 3.08. The molecule has 3 rings (SSSR count). The van der Waals surface area contributed by atoms with Gasteiger partial charge >= 0.3 is 0 Å². The van der Waals surface area contributed by atoms with E-state index in [1.165, 1.54) is 5.57 Å². The van der Waals surface area contributed by atoms with Gasteiger partial charge in [-0.1, -0.05) is 11.6 Å². The second-order valence-electron chi connectivity index (χ2n) is 6.10. The van der Waals surface area contributed by atoms with Crippen molar-refractivity contribution in [3.05, 3.63) is 11.6 Å². The predicted octanol–water partition coefficient (Wildman–Crippen LogP) is 1.82. The Morgan fingerprint density at radius 2 is 2.28 bits per heavy atom. The van der Waals surface area contributed by atoms with Crippen molar-refractivity contribution < 1.29 is 14.3 Å². The lowest BCUT2D eigenvalue weighted by atomic mass is 9.64. The van der Waals surface area contributed by atoms with Gasteiger partial charge in [0.1, 0.15) is 5.78 Å². The molecular formula is C14H19BO3. The van der Waals surface area contributed by atoms with Crippen LogP contribution in [0.15, 0.2) is 11.6 Å². The Kier molecular flexibility index (Phi) is 2.90. The Balaban J connectivity index is 1.63. The lowest BCUT2D eigenvalue weighted by Crippen LogP contribution is -2.39. The van der Waals surface area contributed by atoms with E-state index in [2.05, 4.69) is 19.9 Å². The lowest BCUT2D eigenvalue weighted by Gasteiger charge is -2.31. The lowest BCUT2D eigenvalue weighted by molar-refractivity contribution is -0.123. The molecule has 0 aromatic carbocycles. The first kappa shape index (κ1) is 12.4. The van der Waals surface area contributed by atoms with Gasteiger partial charge in [0, 0.05) is 12.3 Å². The maximum absolute atomic E-state index is 11.8. The van der Waals surface area contributed by atoms with E-state index in [1.54, 1.807) is 0 Å². The number of ketones is 1. The molecule has 2 radical (unpaired) electrons. The average molecular weight is 246 g/mol. The van der Waals surface area contributed by atoms with E-state index in [4.69, 9.17) is 17.3 Å². The first-order chi connectivity index (χ1) is 8.52. The monoisotopic (exact) mass is 246 g/mol. The number of carbonyl (C=O) groups is 1. The van der Waals surface area contributed by atoms with Crippen LogP contribution in [0.2, 0.25) is 5.82 Å². The first-order valence-corrected chi connectivity index (χ1v) is 6.73. The van der Waals surface area contributed by atoms with Crippen molar-refractivity contribution in [3.63, 3.8) is 0 Å². The number of hydrogen-bond acceptors (Lipinski definition) is 3. The van der Waals surface area contributed by atoms with Crippen LogP contribution in [0.5, 0.6) is 0 Å².